The number of rotatable bonds is 4. The van der Waals surface area contributed by atoms with Gasteiger partial charge in [0.2, 0.25) is 5.95 Å². The lowest BCUT2D eigenvalue weighted by Crippen LogP contribution is -2.04. The van der Waals surface area contributed by atoms with Gasteiger partial charge in [0, 0.05) is 21.9 Å². The molecule has 0 radical (unpaired) electrons. The second-order valence-corrected chi connectivity index (χ2v) is 10.3. The van der Waals surface area contributed by atoms with Crippen LogP contribution in [0.3, 0.4) is 0 Å². The van der Waals surface area contributed by atoms with Crippen molar-refractivity contribution in [3.05, 3.63) is 152 Å². The van der Waals surface area contributed by atoms with Gasteiger partial charge in [-0.25, -0.2) is 9.97 Å². The Morgan fingerprint density at radius 2 is 0.878 bits per heavy atom. The maximum Gasteiger partial charge on any atom is 0.235 e. The Morgan fingerprint density at radius 1 is 0.390 bits per heavy atom. The predicted molar refractivity (Wildman–Crippen MR) is 170 cm³/mol. The highest BCUT2D eigenvalue weighted by Crippen LogP contribution is 2.41. The molecule has 0 bridgehead atoms. The summed E-state index contributed by atoms with van der Waals surface area (Å²) in [5.74, 6) is 0.658. The maximum absolute atomic E-state index is 5.21. The van der Waals surface area contributed by atoms with Crippen LogP contribution in [0.1, 0.15) is 0 Å². The summed E-state index contributed by atoms with van der Waals surface area (Å²) in [5, 5.41) is 4.86. The summed E-state index contributed by atoms with van der Waals surface area (Å²) < 4.78 is 2.24. The van der Waals surface area contributed by atoms with Gasteiger partial charge in [-0.1, -0.05) is 133 Å². The van der Waals surface area contributed by atoms with Crippen molar-refractivity contribution >= 4 is 32.6 Å². The first kappa shape index (κ1) is 23.4. The Balaban J connectivity index is 1.51. The van der Waals surface area contributed by atoms with E-state index < -0.39 is 0 Å². The highest BCUT2D eigenvalue weighted by Gasteiger charge is 2.20. The van der Waals surface area contributed by atoms with Crippen molar-refractivity contribution in [2.45, 2.75) is 0 Å². The molecule has 0 aliphatic heterocycles. The average molecular weight is 524 g/mol. The first-order chi connectivity index (χ1) is 20.3. The molecule has 0 saturated heterocycles. The van der Waals surface area contributed by atoms with Gasteiger partial charge in [0.1, 0.15) is 0 Å². The number of hydrogen-bond acceptors (Lipinski definition) is 2. The van der Waals surface area contributed by atoms with Crippen LogP contribution in [0.15, 0.2) is 152 Å². The van der Waals surface area contributed by atoms with E-state index >= 15 is 0 Å². The standard InChI is InChI=1S/C38H25N3/c1-4-14-26(15-5-1)32-24-36-37(30-21-11-10-20-29(30)32)31-22-12-13-23-35(31)41(36)38-39-33(27-16-6-2-7-17-27)25-34(40-38)28-18-8-3-9-19-28/h1-25H. The van der Waals surface area contributed by atoms with Crippen molar-refractivity contribution in [3.63, 3.8) is 0 Å². The van der Waals surface area contributed by atoms with E-state index in [-0.39, 0.29) is 0 Å². The normalized spacial score (nSPS) is 11.4. The molecule has 0 fully saturated rings. The van der Waals surface area contributed by atoms with Gasteiger partial charge in [0.15, 0.2) is 0 Å². The third-order valence-electron chi connectivity index (χ3n) is 7.82. The number of para-hydroxylation sites is 1. The molecule has 0 aliphatic rings. The summed E-state index contributed by atoms with van der Waals surface area (Å²) in [6.07, 6.45) is 0. The van der Waals surface area contributed by atoms with Crippen LogP contribution in [0.5, 0.6) is 0 Å². The molecule has 192 valence electrons. The van der Waals surface area contributed by atoms with E-state index in [0.717, 1.165) is 33.5 Å². The van der Waals surface area contributed by atoms with Crippen LogP contribution in [0.25, 0.3) is 72.2 Å². The van der Waals surface area contributed by atoms with E-state index in [1.807, 2.05) is 12.1 Å². The van der Waals surface area contributed by atoms with Gasteiger partial charge < -0.3 is 0 Å². The third-order valence-corrected chi connectivity index (χ3v) is 7.82. The van der Waals surface area contributed by atoms with Crippen LogP contribution in [0.2, 0.25) is 0 Å². The van der Waals surface area contributed by atoms with Crippen LogP contribution in [0.4, 0.5) is 0 Å². The fourth-order valence-electron chi connectivity index (χ4n) is 5.95. The summed E-state index contributed by atoms with van der Waals surface area (Å²) in [5.41, 5.74) is 8.46. The largest absolute Gasteiger partial charge is 0.278 e. The molecule has 0 spiro atoms. The molecule has 3 nitrogen and oxygen atoms in total. The number of aromatic nitrogens is 3. The molecule has 0 aliphatic carbocycles. The number of fused-ring (bicyclic) bond motifs is 5. The molecule has 3 heteroatoms. The average Bonchev–Trinajstić information content (AvgIpc) is 3.40. The van der Waals surface area contributed by atoms with E-state index in [4.69, 9.17) is 9.97 Å². The molecule has 0 amide bonds. The lowest BCUT2D eigenvalue weighted by Gasteiger charge is -2.13. The Kier molecular flexibility index (Phi) is 5.46. The molecule has 0 unspecified atom stereocenters. The molecule has 0 atom stereocenters. The zero-order chi connectivity index (χ0) is 27.2. The van der Waals surface area contributed by atoms with E-state index in [2.05, 4.69) is 144 Å². The molecular weight excluding hydrogens is 498 g/mol. The lowest BCUT2D eigenvalue weighted by molar-refractivity contribution is 0.996. The van der Waals surface area contributed by atoms with Crippen LogP contribution >= 0.6 is 0 Å². The first-order valence-corrected chi connectivity index (χ1v) is 13.9. The maximum atomic E-state index is 5.21. The quantitative estimate of drug-likeness (QED) is 0.230. The molecule has 8 rings (SSSR count). The summed E-state index contributed by atoms with van der Waals surface area (Å²) in [6.45, 7) is 0. The van der Waals surface area contributed by atoms with E-state index in [9.17, 15) is 0 Å². The Hall–Kier alpha value is -5.54. The van der Waals surface area contributed by atoms with Gasteiger partial charge in [0.25, 0.3) is 0 Å². The van der Waals surface area contributed by atoms with Crippen LogP contribution in [-0.2, 0) is 0 Å². The molecule has 2 heterocycles. The molecule has 0 saturated carbocycles. The molecule has 0 N–H and O–H groups in total. The zero-order valence-corrected chi connectivity index (χ0v) is 22.3. The minimum Gasteiger partial charge on any atom is -0.278 e. The van der Waals surface area contributed by atoms with Crippen LogP contribution < -0.4 is 0 Å². The molecule has 6 aromatic carbocycles. The zero-order valence-electron chi connectivity index (χ0n) is 22.3. The topological polar surface area (TPSA) is 30.7 Å². The minimum atomic E-state index is 0.658. The first-order valence-electron chi connectivity index (χ1n) is 13.9. The summed E-state index contributed by atoms with van der Waals surface area (Å²) in [4.78, 5) is 10.4. The number of nitrogens with zero attached hydrogens (tertiary/aromatic N) is 3. The second-order valence-electron chi connectivity index (χ2n) is 10.3. The summed E-state index contributed by atoms with van der Waals surface area (Å²) in [7, 11) is 0. The Labute approximate surface area is 238 Å². The fraction of sp³-hybridized carbons (Fsp3) is 0. The van der Waals surface area contributed by atoms with Crippen molar-refractivity contribution in [1.82, 2.24) is 14.5 Å². The molecular formula is C38H25N3. The predicted octanol–water partition coefficient (Wildman–Crippen LogP) is 9.73. The van der Waals surface area contributed by atoms with Gasteiger partial charge in [-0.05, 0) is 40.1 Å². The Morgan fingerprint density at radius 3 is 1.49 bits per heavy atom. The van der Waals surface area contributed by atoms with Gasteiger partial charge in [-0.15, -0.1) is 0 Å². The smallest absolute Gasteiger partial charge is 0.235 e. The Bertz CT molecular complexity index is 2120. The van der Waals surface area contributed by atoms with E-state index in [1.54, 1.807) is 0 Å². The number of benzene rings is 6. The summed E-state index contributed by atoms with van der Waals surface area (Å²) >= 11 is 0. The van der Waals surface area contributed by atoms with Crippen LogP contribution in [-0.4, -0.2) is 14.5 Å². The van der Waals surface area contributed by atoms with Crippen molar-refractivity contribution in [1.29, 1.82) is 0 Å². The molecule has 2 aromatic heterocycles. The fourth-order valence-corrected chi connectivity index (χ4v) is 5.95. The van der Waals surface area contributed by atoms with E-state index in [0.29, 0.717) is 5.95 Å². The third kappa shape index (κ3) is 3.90. The number of hydrogen-bond donors (Lipinski definition) is 0. The summed E-state index contributed by atoms with van der Waals surface area (Å²) in [6, 6.07) is 53.0. The highest BCUT2D eigenvalue weighted by atomic mass is 15.2. The van der Waals surface area contributed by atoms with Gasteiger partial charge in [0.05, 0.1) is 22.4 Å². The van der Waals surface area contributed by atoms with Gasteiger partial charge in [-0.2, -0.15) is 0 Å². The highest BCUT2D eigenvalue weighted by molar-refractivity contribution is 6.24. The van der Waals surface area contributed by atoms with Crippen LogP contribution in [0, 0.1) is 0 Å². The SMILES string of the molecule is c1ccc(-c2cc(-c3ccccc3)nc(-n3c4ccccc4c4c5ccccc5c(-c5ccccc5)cc43)n2)cc1. The van der Waals surface area contributed by atoms with Gasteiger partial charge >= 0.3 is 0 Å². The minimum absolute atomic E-state index is 0.658. The van der Waals surface area contributed by atoms with Crippen molar-refractivity contribution < 1.29 is 0 Å². The molecule has 8 aromatic rings. The second kappa shape index (κ2) is 9.58. The van der Waals surface area contributed by atoms with Crippen molar-refractivity contribution in [3.8, 4) is 39.6 Å². The van der Waals surface area contributed by atoms with Gasteiger partial charge in [-0.3, -0.25) is 4.57 Å². The lowest BCUT2D eigenvalue weighted by atomic mass is 9.95. The van der Waals surface area contributed by atoms with E-state index in [1.165, 1.54) is 32.7 Å². The van der Waals surface area contributed by atoms with Crippen molar-refractivity contribution in [2.24, 2.45) is 0 Å². The van der Waals surface area contributed by atoms with Crippen molar-refractivity contribution in [2.75, 3.05) is 0 Å². The molecule has 41 heavy (non-hydrogen) atoms. The monoisotopic (exact) mass is 523 g/mol.